The predicted molar refractivity (Wildman–Crippen MR) is 167 cm³/mol. The van der Waals surface area contributed by atoms with Crippen molar-refractivity contribution in [3.8, 4) is 28.1 Å². The number of rotatable bonds is 2. The molecule has 1 atom stereocenters. The summed E-state index contributed by atoms with van der Waals surface area (Å²) in [7, 11) is 0. The number of para-hydroxylation sites is 2. The molecular weight excluding hydrogens is 512 g/mol. The number of aromatic nitrogens is 2. The zero-order valence-electron chi connectivity index (χ0n) is 22.9. The van der Waals surface area contributed by atoms with E-state index in [9.17, 15) is 0 Å². The normalized spacial score (nSPS) is 17.4. The molecule has 1 aromatic heterocycles. The molecule has 3 aliphatic rings. The van der Waals surface area contributed by atoms with E-state index in [0.29, 0.717) is 0 Å². The summed E-state index contributed by atoms with van der Waals surface area (Å²) in [5.41, 5.74) is 10.3. The Morgan fingerprint density at radius 1 is 0.619 bits per heavy atom. The largest absolute Gasteiger partial charge is 0.457 e. The Labute approximate surface area is 244 Å². The Hall–Kier alpha value is -5.28. The molecular formula is C39H26N2O. The van der Waals surface area contributed by atoms with E-state index >= 15 is 0 Å². The minimum atomic E-state index is -0.445. The molecule has 0 saturated carbocycles. The maximum atomic E-state index is 6.65. The zero-order chi connectivity index (χ0) is 27.7. The van der Waals surface area contributed by atoms with Crippen LogP contribution >= 0.6 is 0 Å². The van der Waals surface area contributed by atoms with E-state index in [1.54, 1.807) is 0 Å². The van der Waals surface area contributed by atoms with Gasteiger partial charge >= 0.3 is 0 Å². The highest BCUT2D eigenvalue weighted by molar-refractivity contribution is 5.92. The molecule has 3 nitrogen and oxygen atoms in total. The van der Waals surface area contributed by atoms with Gasteiger partial charge in [0.05, 0.1) is 16.6 Å². The molecule has 9 rings (SSSR count). The summed E-state index contributed by atoms with van der Waals surface area (Å²) in [6, 6.07) is 45.0. The molecule has 2 heterocycles. The Kier molecular flexibility index (Phi) is 4.94. The van der Waals surface area contributed by atoms with Gasteiger partial charge in [0.15, 0.2) is 0 Å². The minimum absolute atomic E-state index is 0.00137. The summed E-state index contributed by atoms with van der Waals surface area (Å²) in [5.74, 6) is 2.69. The topological polar surface area (TPSA) is 35.0 Å². The number of benzene rings is 5. The van der Waals surface area contributed by atoms with Gasteiger partial charge in [0, 0.05) is 22.4 Å². The fourth-order valence-corrected chi connectivity index (χ4v) is 7.38. The summed E-state index contributed by atoms with van der Waals surface area (Å²) >= 11 is 0. The second-order valence-electron chi connectivity index (χ2n) is 11.3. The molecule has 0 bridgehead atoms. The smallest absolute Gasteiger partial charge is 0.136 e. The van der Waals surface area contributed by atoms with Crippen LogP contribution in [0, 0.1) is 0 Å². The molecule has 1 spiro atoms. The highest BCUT2D eigenvalue weighted by Gasteiger charge is 2.52. The van der Waals surface area contributed by atoms with E-state index in [1.165, 1.54) is 33.4 Å². The maximum absolute atomic E-state index is 6.65. The summed E-state index contributed by atoms with van der Waals surface area (Å²) in [6.07, 6.45) is 5.15. The molecule has 0 N–H and O–H groups in total. The van der Waals surface area contributed by atoms with E-state index in [0.717, 1.165) is 45.9 Å². The van der Waals surface area contributed by atoms with Crippen molar-refractivity contribution in [2.45, 2.75) is 17.8 Å². The van der Waals surface area contributed by atoms with Gasteiger partial charge < -0.3 is 4.74 Å². The molecule has 3 heteroatoms. The molecule has 0 radical (unpaired) electrons. The van der Waals surface area contributed by atoms with Crippen molar-refractivity contribution in [2.24, 2.45) is 0 Å². The van der Waals surface area contributed by atoms with Gasteiger partial charge in [-0.2, -0.15) is 0 Å². The first-order valence-electron chi connectivity index (χ1n) is 14.5. The monoisotopic (exact) mass is 538 g/mol. The van der Waals surface area contributed by atoms with E-state index < -0.39 is 5.41 Å². The molecule has 0 fully saturated rings. The lowest BCUT2D eigenvalue weighted by Crippen LogP contribution is -2.36. The molecule has 0 saturated heterocycles. The highest BCUT2D eigenvalue weighted by Crippen LogP contribution is 2.62. The first kappa shape index (κ1) is 23.4. The summed E-state index contributed by atoms with van der Waals surface area (Å²) in [4.78, 5) is 10.4. The quantitative estimate of drug-likeness (QED) is 0.221. The van der Waals surface area contributed by atoms with Crippen LogP contribution < -0.4 is 4.74 Å². The van der Waals surface area contributed by atoms with Gasteiger partial charge in [-0.1, -0.05) is 121 Å². The van der Waals surface area contributed by atoms with Crippen molar-refractivity contribution >= 4 is 10.9 Å². The van der Waals surface area contributed by atoms with Gasteiger partial charge in [-0.3, -0.25) is 0 Å². The second kappa shape index (κ2) is 8.86. The van der Waals surface area contributed by atoms with E-state index in [1.807, 2.05) is 6.07 Å². The molecule has 5 aromatic carbocycles. The van der Waals surface area contributed by atoms with Crippen molar-refractivity contribution in [1.29, 1.82) is 0 Å². The standard InChI is InChI=1S/C39H26N2O/c1-2-12-25(13-3-1)37-29-16-6-10-20-34(29)40-38(41-37)26-22-23-36-33(24-26)39(32-19-9-11-21-35(32)42-36)30-17-7-4-14-27(30)28-15-5-8-18-31(28)39/h1-23,26H,24H2. The van der Waals surface area contributed by atoms with Crippen LogP contribution in [0.15, 0.2) is 151 Å². The van der Waals surface area contributed by atoms with Crippen LogP contribution in [0.1, 0.15) is 34.9 Å². The van der Waals surface area contributed by atoms with Crippen LogP contribution in [0.25, 0.3) is 33.3 Å². The molecule has 42 heavy (non-hydrogen) atoms. The third-order valence-corrected chi connectivity index (χ3v) is 9.12. The Morgan fingerprint density at radius 2 is 1.26 bits per heavy atom. The van der Waals surface area contributed by atoms with Crippen LogP contribution in [-0.4, -0.2) is 9.97 Å². The number of hydrogen-bond donors (Lipinski definition) is 0. The van der Waals surface area contributed by atoms with Crippen LogP contribution in [0.4, 0.5) is 0 Å². The first-order valence-corrected chi connectivity index (χ1v) is 14.5. The van der Waals surface area contributed by atoms with Crippen molar-refractivity contribution in [2.75, 3.05) is 0 Å². The zero-order valence-corrected chi connectivity index (χ0v) is 22.9. The van der Waals surface area contributed by atoms with Gasteiger partial charge in [0.2, 0.25) is 0 Å². The van der Waals surface area contributed by atoms with Gasteiger partial charge in [0.25, 0.3) is 0 Å². The lowest BCUT2D eigenvalue weighted by molar-refractivity contribution is 0.384. The number of fused-ring (bicyclic) bond motifs is 9. The van der Waals surface area contributed by atoms with Crippen LogP contribution in [-0.2, 0) is 5.41 Å². The third kappa shape index (κ3) is 3.16. The fraction of sp³-hybridized carbons (Fsp3) is 0.0769. The molecule has 1 unspecified atom stereocenters. The van der Waals surface area contributed by atoms with Gasteiger partial charge in [-0.15, -0.1) is 0 Å². The Morgan fingerprint density at radius 3 is 2.05 bits per heavy atom. The number of ether oxygens (including phenoxy) is 1. The summed E-state index contributed by atoms with van der Waals surface area (Å²) in [6.45, 7) is 0. The number of allylic oxidation sites excluding steroid dienone is 3. The number of hydrogen-bond acceptors (Lipinski definition) is 3. The Balaban J connectivity index is 1.26. The van der Waals surface area contributed by atoms with E-state index in [4.69, 9.17) is 14.7 Å². The molecule has 198 valence electrons. The summed E-state index contributed by atoms with van der Waals surface area (Å²) < 4.78 is 6.65. The fourth-order valence-electron chi connectivity index (χ4n) is 7.38. The van der Waals surface area contributed by atoms with Crippen molar-refractivity contribution < 1.29 is 4.74 Å². The molecule has 6 aromatic rings. The van der Waals surface area contributed by atoms with Gasteiger partial charge in [-0.05, 0) is 52.5 Å². The SMILES string of the molecule is C1=CC(c2nc(-c3ccccc3)c3ccccc3n2)CC2=C1Oc1ccccc1C21c2ccccc2-c2ccccc21. The van der Waals surface area contributed by atoms with Gasteiger partial charge in [-0.25, -0.2) is 9.97 Å². The van der Waals surface area contributed by atoms with Gasteiger partial charge in [0.1, 0.15) is 17.3 Å². The third-order valence-electron chi connectivity index (χ3n) is 9.12. The van der Waals surface area contributed by atoms with E-state index in [2.05, 4.69) is 133 Å². The van der Waals surface area contributed by atoms with Crippen LogP contribution in [0.3, 0.4) is 0 Å². The van der Waals surface area contributed by atoms with Crippen LogP contribution in [0.5, 0.6) is 5.75 Å². The lowest BCUT2D eigenvalue weighted by Gasteiger charge is -2.42. The van der Waals surface area contributed by atoms with Crippen molar-refractivity contribution in [3.05, 3.63) is 173 Å². The molecule has 0 amide bonds. The van der Waals surface area contributed by atoms with Crippen LogP contribution in [0.2, 0.25) is 0 Å². The second-order valence-corrected chi connectivity index (χ2v) is 11.3. The maximum Gasteiger partial charge on any atom is 0.136 e. The molecule has 1 aliphatic heterocycles. The highest BCUT2D eigenvalue weighted by atomic mass is 16.5. The minimum Gasteiger partial charge on any atom is -0.457 e. The van der Waals surface area contributed by atoms with Crippen molar-refractivity contribution in [3.63, 3.8) is 0 Å². The number of nitrogens with zero attached hydrogens (tertiary/aromatic N) is 2. The lowest BCUT2D eigenvalue weighted by atomic mass is 9.63. The Bertz CT molecular complexity index is 2060. The first-order chi connectivity index (χ1) is 20.8. The average molecular weight is 539 g/mol. The summed E-state index contributed by atoms with van der Waals surface area (Å²) in [5, 5.41) is 1.07. The van der Waals surface area contributed by atoms with E-state index in [-0.39, 0.29) is 5.92 Å². The van der Waals surface area contributed by atoms with Crippen molar-refractivity contribution in [1.82, 2.24) is 9.97 Å². The molecule has 2 aliphatic carbocycles. The average Bonchev–Trinajstić information content (AvgIpc) is 3.35. The predicted octanol–water partition coefficient (Wildman–Crippen LogP) is 9.00.